The first-order valence-corrected chi connectivity index (χ1v) is 14.1. The van der Waals surface area contributed by atoms with Gasteiger partial charge in [0, 0.05) is 35.2 Å². The number of hydrogen-bond donors (Lipinski definition) is 2. The Bertz CT molecular complexity index is 1890. The molecule has 0 aliphatic heterocycles. The molecule has 1 unspecified atom stereocenters. The number of nitrogens with zero attached hydrogens (tertiary/aromatic N) is 3. The third-order valence-corrected chi connectivity index (χ3v) is 8.00. The van der Waals surface area contributed by atoms with Crippen molar-refractivity contribution in [3.63, 3.8) is 0 Å². The molecule has 5 aromatic rings. The van der Waals surface area contributed by atoms with E-state index < -0.39 is 11.7 Å². The molecule has 0 bridgehead atoms. The van der Waals surface area contributed by atoms with Gasteiger partial charge in [-0.25, -0.2) is 23.7 Å². The van der Waals surface area contributed by atoms with Crippen molar-refractivity contribution < 1.29 is 9.18 Å². The van der Waals surface area contributed by atoms with Gasteiger partial charge in [-0.1, -0.05) is 54.6 Å². The first kappa shape index (κ1) is 29.7. The summed E-state index contributed by atoms with van der Waals surface area (Å²) in [6.07, 6.45) is 12.4. The highest BCUT2D eigenvalue weighted by Crippen LogP contribution is 2.42. The number of rotatable bonds is 9. The van der Waals surface area contributed by atoms with Gasteiger partial charge >= 0.3 is 5.69 Å². The Balaban J connectivity index is 0.00000368. The van der Waals surface area contributed by atoms with Gasteiger partial charge < -0.3 is 5.32 Å². The first-order chi connectivity index (χ1) is 20.5. The second kappa shape index (κ2) is 12.6. The molecule has 1 saturated carbocycles. The average molecular weight is 596 g/mol. The van der Waals surface area contributed by atoms with E-state index in [0.717, 1.165) is 58.1 Å². The normalized spacial score (nSPS) is 14.6. The van der Waals surface area contributed by atoms with Crippen LogP contribution in [0.15, 0.2) is 89.9 Å². The number of nitrogens with one attached hydrogen (secondary N) is 2. The van der Waals surface area contributed by atoms with E-state index in [1.54, 1.807) is 6.20 Å². The lowest BCUT2D eigenvalue weighted by molar-refractivity contribution is -0.119. The third-order valence-electron chi connectivity index (χ3n) is 8.00. The van der Waals surface area contributed by atoms with Crippen molar-refractivity contribution in [1.29, 1.82) is 0 Å². The summed E-state index contributed by atoms with van der Waals surface area (Å²) in [4.78, 5) is 29.9. The molecule has 2 aromatic carbocycles. The Kier molecular flexibility index (Phi) is 8.74. The number of alkyl halides is 1. The van der Waals surface area contributed by atoms with Crippen molar-refractivity contribution in [3.05, 3.63) is 101 Å². The number of allylic oxidation sites excluding steroid dienone is 1. The Hall–Kier alpha value is -4.74. The van der Waals surface area contributed by atoms with Gasteiger partial charge in [-0.15, -0.1) is 24.8 Å². The van der Waals surface area contributed by atoms with Crippen LogP contribution < -0.4 is 11.0 Å². The summed E-state index contributed by atoms with van der Waals surface area (Å²) in [5.74, 6) is 2.20. The molecular formula is C34H31ClFN5O2. The van der Waals surface area contributed by atoms with Crippen LogP contribution in [0.4, 0.5) is 4.39 Å². The molecule has 1 atom stereocenters. The number of fused-ring (bicyclic) bond motifs is 3. The van der Waals surface area contributed by atoms with Crippen molar-refractivity contribution in [2.45, 2.75) is 50.2 Å². The van der Waals surface area contributed by atoms with Crippen molar-refractivity contribution in [2.24, 2.45) is 0 Å². The highest BCUT2D eigenvalue weighted by molar-refractivity contribution is 5.98. The molecular weight excluding hydrogens is 565 g/mol. The summed E-state index contributed by atoms with van der Waals surface area (Å²) in [6, 6.07) is 21.9. The van der Waals surface area contributed by atoms with Crippen LogP contribution in [0.2, 0.25) is 0 Å². The number of hydrogen-bond acceptors (Lipinski definition) is 4. The zero-order chi connectivity index (χ0) is 29.1. The lowest BCUT2D eigenvalue weighted by atomic mass is 9.71. The van der Waals surface area contributed by atoms with Gasteiger partial charge in [-0.3, -0.25) is 4.79 Å². The molecule has 3 heterocycles. The van der Waals surface area contributed by atoms with Crippen LogP contribution in [-0.2, 0) is 10.3 Å². The van der Waals surface area contributed by atoms with E-state index in [1.165, 1.54) is 16.6 Å². The summed E-state index contributed by atoms with van der Waals surface area (Å²) in [5, 5.41) is 10.6. The standard InChI is InChI=1S/C34H30FN5O2.ClH/c1-2-3-5-11-26(35)16-17-30(41)37-34(19-8-20-34)25-14-12-24(13-15-25)31-27(23-9-6-4-7-10-23)22-28-29(36-31)18-21-40-32(28)38-39-33(40)42;/h1,4,6-7,9-10,12-18,21-22,26H,3,5,8,11,19-20H2,(H,37,41)(H,39,42);1H. The number of aromatic nitrogens is 4. The molecule has 1 fully saturated rings. The average Bonchev–Trinajstić information content (AvgIpc) is 3.39. The number of amides is 1. The maximum absolute atomic E-state index is 14.1. The Morgan fingerprint density at radius 3 is 2.60 bits per heavy atom. The van der Waals surface area contributed by atoms with Crippen molar-refractivity contribution in [3.8, 4) is 34.7 Å². The SMILES string of the molecule is C#CCCCC(F)C=CC(=O)NC1(c2ccc(-c3nc4ccn5c(=O)[nH]nc5c4cc3-c3ccccc3)cc2)CCC1.Cl. The van der Waals surface area contributed by atoms with Crippen LogP contribution in [0.5, 0.6) is 0 Å². The van der Waals surface area contributed by atoms with Gasteiger partial charge in [0.25, 0.3) is 0 Å². The fourth-order valence-electron chi connectivity index (χ4n) is 5.60. The number of aromatic amines is 1. The molecule has 3 aromatic heterocycles. The fourth-order valence-corrected chi connectivity index (χ4v) is 5.60. The molecule has 0 saturated heterocycles. The maximum atomic E-state index is 14.1. The number of H-pyrrole nitrogens is 1. The predicted molar refractivity (Wildman–Crippen MR) is 170 cm³/mol. The summed E-state index contributed by atoms with van der Waals surface area (Å²) in [6.45, 7) is 0. The largest absolute Gasteiger partial charge is 0.347 e. The minimum atomic E-state index is -1.20. The molecule has 0 spiro atoms. The molecule has 0 radical (unpaired) electrons. The summed E-state index contributed by atoms with van der Waals surface area (Å²) < 4.78 is 15.6. The molecule has 218 valence electrons. The molecule has 43 heavy (non-hydrogen) atoms. The van der Waals surface area contributed by atoms with Crippen molar-refractivity contribution in [1.82, 2.24) is 24.9 Å². The highest BCUT2D eigenvalue weighted by Gasteiger charge is 2.39. The number of carbonyl (C=O) groups excluding carboxylic acids is 1. The molecule has 1 aliphatic carbocycles. The summed E-state index contributed by atoms with van der Waals surface area (Å²) >= 11 is 0. The third kappa shape index (κ3) is 5.95. The fraction of sp³-hybridized carbons (Fsp3) is 0.235. The molecule has 1 aliphatic rings. The van der Waals surface area contributed by atoms with E-state index in [9.17, 15) is 14.0 Å². The van der Waals surface area contributed by atoms with E-state index in [4.69, 9.17) is 11.4 Å². The number of carbonyl (C=O) groups is 1. The van der Waals surface area contributed by atoms with E-state index in [0.29, 0.717) is 24.9 Å². The second-order valence-electron chi connectivity index (χ2n) is 10.7. The van der Waals surface area contributed by atoms with Gasteiger partial charge in [0.05, 0.1) is 16.7 Å². The number of unbranched alkanes of at least 4 members (excludes halogenated alkanes) is 1. The number of benzene rings is 2. The summed E-state index contributed by atoms with van der Waals surface area (Å²) in [7, 11) is 0. The van der Waals surface area contributed by atoms with Gasteiger partial charge in [0.15, 0.2) is 5.65 Å². The lowest BCUT2D eigenvalue weighted by Gasteiger charge is -2.43. The van der Waals surface area contributed by atoms with Crippen LogP contribution in [0, 0.1) is 12.3 Å². The Morgan fingerprint density at radius 1 is 1.14 bits per heavy atom. The van der Waals surface area contributed by atoms with Gasteiger partial charge in [0.1, 0.15) is 6.17 Å². The second-order valence-corrected chi connectivity index (χ2v) is 10.7. The Labute approximate surface area is 254 Å². The lowest BCUT2D eigenvalue weighted by Crippen LogP contribution is -2.50. The van der Waals surface area contributed by atoms with E-state index in [1.807, 2.05) is 66.7 Å². The van der Waals surface area contributed by atoms with E-state index in [-0.39, 0.29) is 24.0 Å². The number of terminal acetylenes is 1. The van der Waals surface area contributed by atoms with Crippen LogP contribution in [0.1, 0.15) is 44.1 Å². The molecule has 2 N–H and O–H groups in total. The molecule has 1 amide bonds. The Morgan fingerprint density at radius 2 is 1.91 bits per heavy atom. The number of pyridine rings is 2. The van der Waals surface area contributed by atoms with E-state index in [2.05, 4.69) is 21.4 Å². The van der Waals surface area contributed by atoms with E-state index >= 15 is 0 Å². The zero-order valence-electron chi connectivity index (χ0n) is 23.4. The topological polar surface area (TPSA) is 92.2 Å². The van der Waals surface area contributed by atoms with Crippen LogP contribution in [0.25, 0.3) is 38.9 Å². The van der Waals surface area contributed by atoms with Gasteiger partial charge in [-0.05, 0) is 61.4 Å². The van der Waals surface area contributed by atoms with Crippen molar-refractivity contribution >= 4 is 34.9 Å². The maximum Gasteiger partial charge on any atom is 0.347 e. The van der Waals surface area contributed by atoms with Gasteiger partial charge in [0.2, 0.25) is 5.91 Å². The monoisotopic (exact) mass is 595 g/mol. The minimum Gasteiger partial charge on any atom is -0.343 e. The molecule has 7 nitrogen and oxygen atoms in total. The van der Waals surface area contributed by atoms with Crippen LogP contribution in [-0.4, -0.2) is 31.7 Å². The van der Waals surface area contributed by atoms with Crippen LogP contribution in [0.3, 0.4) is 0 Å². The first-order valence-electron chi connectivity index (χ1n) is 14.1. The zero-order valence-corrected chi connectivity index (χ0v) is 24.2. The number of halogens is 2. The van der Waals surface area contributed by atoms with Crippen LogP contribution >= 0.6 is 12.4 Å². The molecule has 6 rings (SSSR count). The predicted octanol–water partition coefficient (Wildman–Crippen LogP) is 6.52. The minimum absolute atomic E-state index is 0. The highest BCUT2D eigenvalue weighted by atomic mass is 35.5. The smallest absolute Gasteiger partial charge is 0.343 e. The quantitative estimate of drug-likeness (QED) is 0.115. The molecule has 9 heteroatoms. The van der Waals surface area contributed by atoms with Crippen molar-refractivity contribution in [2.75, 3.05) is 0 Å². The van der Waals surface area contributed by atoms with Gasteiger partial charge in [-0.2, -0.15) is 5.10 Å². The summed E-state index contributed by atoms with van der Waals surface area (Å²) in [5.41, 5.74) is 5.10.